The highest BCUT2D eigenvalue weighted by molar-refractivity contribution is 6.01. The molecular weight excluding hydrogens is 246 g/mol. The van der Waals surface area contributed by atoms with E-state index in [1.54, 1.807) is 19.2 Å². The summed E-state index contributed by atoms with van der Waals surface area (Å²) in [5, 5.41) is 11.6. The zero-order chi connectivity index (χ0) is 13.7. The third kappa shape index (κ3) is 3.21. The number of rotatable bonds is 5. The number of aromatic hydroxyl groups is 1. The lowest BCUT2D eigenvalue weighted by molar-refractivity contribution is 0.00876. The van der Waals surface area contributed by atoms with Crippen molar-refractivity contribution in [1.82, 2.24) is 5.48 Å². The molecule has 2 rings (SSSR count). The van der Waals surface area contributed by atoms with E-state index >= 15 is 0 Å². The van der Waals surface area contributed by atoms with E-state index in [2.05, 4.69) is 5.48 Å². The highest BCUT2D eigenvalue weighted by Crippen LogP contribution is 2.24. The maximum Gasteiger partial charge on any atom is 0.278 e. The summed E-state index contributed by atoms with van der Waals surface area (Å²) in [5.74, 6) is -0.564. The molecule has 0 unspecified atom stereocenters. The molecule has 19 heavy (non-hydrogen) atoms. The third-order valence-electron chi connectivity index (χ3n) is 2.66. The molecule has 2 N–H and O–H groups in total. The summed E-state index contributed by atoms with van der Waals surface area (Å²) in [5.41, 5.74) is 2.44. The minimum Gasteiger partial charge on any atom is -0.507 e. The maximum atomic E-state index is 11.8. The first-order valence-corrected chi connectivity index (χ1v) is 5.85. The standard InChI is InChI=1S/C14H15NO4/c1-18-6-7-19-15-14(17)12-8-10-4-2-3-5-11(10)9-13(12)16/h2-5,8-9,16H,6-7H2,1H3,(H,15,17). The molecule has 2 aromatic rings. The molecular formula is C14H15NO4. The van der Waals surface area contributed by atoms with Crippen molar-refractivity contribution in [2.45, 2.75) is 0 Å². The fourth-order valence-corrected chi connectivity index (χ4v) is 1.71. The van der Waals surface area contributed by atoms with Gasteiger partial charge < -0.3 is 9.84 Å². The van der Waals surface area contributed by atoms with Crippen LogP contribution in [0.4, 0.5) is 0 Å². The lowest BCUT2D eigenvalue weighted by Gasteiger charge is -2.08. The average molecular weight is 261 g/mol. The molecule has 0 spiro atoms. The van der Waals surface area contributed by atoms with Crippen molar-refractivity contribution in [3.8, 4) is 5.75 Å². The van der Waals surface area contributed by atoms with Crippen LogP contribution in [0.1, 0.15) is 10.4 Å². The van der Waals surface area contributed by atoms with Gasteiger partial charge in [-0.1, -0.05) is 24.3 Å². The number of fused-ring (bicyclic) bond motifs is 1. The molecule has 5 nitrogen and oxygen atoms in total. The molecule has 0 heterocycles. The summed E-state index contributed by atoms with van der Waals surface area (Å²) in [4.78, 5) is 16.8. The number of amides is 1. The molecule has 0 saturated carbocycles. The molecule has 1 amide bonds. The van der Waals surface area contributed by atoms with Crippen LogP contribution in [0.3, 0.4) is 0 Å². The van der Waals surface area contributed by atoms with Gasteiger partial charge in [0.15, 0.2) is 0 Å². The van der Waals surface area contributed by atoms with Gasteiger partial charge in [0.25, 0.3) is 5.91 Å². The third-order valence-corrected chi connectivity index (χ3v) is 2.66. The molecule has 5 heteroatoms. The van der Waals surface area contributed by atoms with E-state index in [0.717, 1.165) is 10.8 Å². The Kier molecular flexibility index (Phi) is 4.33. The Labute approximate surface area is 110 Å². The van der Waals surface area contributed by atoms with Gasteiger partial charge in [0.1, 0.15) is 5.75 Å². The fourth-order valence-electron chi connectivity index (χ4n) is 1.71. The van der Waals surface area contributed by atoms with Crippen molar-refractivity contribution in [3.05, 3.63) is 42.0 Å². The van der Waals surface area contributed by atoms with Crippen LogP contribution in [0, 0.1) is 0 Å². The zero-order valence-corrected chi connectivity index (χ0v) is 10.6. The van der Waals surface area contributed by atoms with Gasteiger partial charge in [0, 0.05) is 7.11 Å². The molecule has 0 radical (unpaired) electrons. The summed E-state index contributed by atoms with van der Waals surface area (Å²) in [6.07, 6.45) is 0. The number of methoxy groups -OCH3 is 1. The quantitative estimate of drug-likeness (QED) is 0.636. The van der Waals surface area contributed by atoms with Gasteiger partial charge >= 0.3 is 0 Å². The van der Waals surface area contributed by atoms with E-state index in [4.69, 9.17) is 9.57 Å². The first kappa shape index (κ1) is 13.3. The number of benzene rings is 2. The number of phenolic OH excluding ortho intramolecular Hbond substituents is 1. The minimum atomic E-state index is -0.487. The Morgan fingerprint density at radius 2 is 1.89 bits per heavy atom. The lowest BCUT2D eigenvalue weighted by Crippen LogP contribution is -2.25. The highest BCUT2D eigenvalue weighted by atomic mass is 16.7. The van der Waals surface area contributed by atoms with Gasteiger partial charge in [-0.05, 0) is 22.9 Å². The van der Waals surface area contributed by atoms with Crippen molar-refractivity contribution in [1.29, 1.82) is 0 Å². The molecule has 100 valence electrons. The van der Waals surface area contributed by atoms with Gasteiger partial charge in [0.2, 0.25) is 0 Å². The van der Waals surface area contributed by atoms with Crippen LogP contribution in [0.15, 0.2) is 36.4 Å². The molecule has 0 aliphatic rings. The Balaban J connectivity index is 2.15. The van der Waals surface area contributed by atoms with Crippen molar-refractivity contribution in [3.63, 3.8) is 0 Å². The Morgan fingerprint density at radius 1 is 1.21 bits per heavy atom. The van der Waals surface area contributed by atoms with E-state index in [1.807, 2.05) is 24.3 Å². The van der Waals surface area contributed by atoms with E-state index in [0.29, 0.717) is 6.61 Å². The van der Waals surface area contributed by atoms with Gasteiger partial charge in [-0.25, -0.2) is 5.48 Å². The van der Waals surface area contributed by atoms with Crippen molar-refractivity contribution in [2.75, 3.05) is 20.3 Å². The minimum absolute atomic E-state index is 0.0773. The Bertz CT molecular complexity index is 583. The largest absolute Gasteiger partial charge is 0.507 e. The van der Waals surface area contributed by atoms with Gasteiger partial charge in [0.05, 0.1) is 18.8 Å². The van der Waals surface area contributed by atoms with E-state index < -0.39 is 5.91 Å². The van der Waals surface area contributed by atoms with Crippen LogP contribution in [0.2, 0.25) is 0 Å². The van der Waals surface area contributed by atoms with Crippen LogP contribution >= 0.6 is 0 Å². The topological polar surface area (TPSA) is 67.8 Å². The predicted octanol–water partition coefficient (Wildman–Crippen LogP) is 1.85. The van der Waals surface area contributed by atoms with Crippen molar-refractivity contribution < 1.29 is 19.5 Å². The Hall–Kier alpha value is -2.11. The van der Waals surface area contributed by atoms with Crippen LogP contribution in [-0.4, -0.2) is 31.3 Å². The number of carbonyl (C=O) groups is 1. The number of hydroxylamine groups is 1. The van der Waals surface area contributed by atoms with Crippen molar-refractivity contribution in [2.24, 2.45) is 0 Å². The normalized spacial score (nSPS) is 10.6. The molecule has 0 fully saturated rings. The molecule has 0 aromatic heterocycles. The fraction of sp³-hybridized carbons (Fsp3) is 0.214. The summed E-state index contributed by atoms with van der Waals surface area (Å²) >= 11 is 0. The second kappa shape index (κ2) is 6.17. The maximum absolute atomic E-state index is 11.8. The predicted molar refractivity (Wildman–Crippen MR) is 70.9 cm³/mol. The molecule has 2 aromatic carbocycles. The number of hydrogen-bond donors (Lipinski definition) is 2. The molecule has 0 atom stereocenters. The SMILES string of the molecule is COCCONC(=O)c1cc2ccccc2cc1O. The van der Waals surface area contributed by atoms with E-state index in [-0.39, 0.29) is 17.9 Å². The Morgan fingerprint density at radius 3 is 2.58 bits per heavy atom. The second-order valence-electron chi connectivity index (χ2n) is 3.99. The monoisotopic (exact) mass is 261 g/mol. The van der Waals surface area contributed by atoms with Crippen LogP contribution in [0.5, 0.6) is 5.75 Å². The molecule has 0 saturated heterocycles. The van der Waals surface area contributed by atoms with E-state index in [9.17, 15) is 9.90 Å². The van der Waals surface area contributed by atoms with Crippen molar-refractivity contribution >= 4 is 16.7 Å². The van der Waals surface area contributed by atoms with Crippen LogP contribution in [-0.2, 0) is 9.57 Å². The van der Waals surface area contributed by atoms with E-state index in [1.165, 1.54) is 0 Å². The summed E-state index contributed by atoms with van der Waals surface area (Å²) in [6.45, 7) is 0.626. The summed E-state index contributed by atoms with van der Waals surface area (Å²) in [6, 6.07) is 10.7. The molecule has 0 aliphatic carbocycles. The van der Waals surface area contributed by atoms with Crippen LogP contribution < -0.4 is 5.48 Å². The first-order chi connectivity index (χ1) is 9.22. The molecule has 0 aliphatic heterocycles. The number of nitrogens with one attached hydrogen (secondary N) is 1. The smallest absolute Gasteiger partial charge is 0.278 e. The number of hydrogen-bond acceptors (Lipinski definition) is 4. The zero-order valence-electron chi connectivity index (χ0n) is 10.6. The number of phenols is 1. The number of carbonyl (C=O) groups excluding carboxylic acids is 1. The lowest BCUT2D eigenvalue weighted by atomic mass is 10.1. The average Bonchev–Trinajstić information content (AvgIpc) is 2.42. The van der Waals surface area contributed by atoms with Crippen LogP contribution in [0.25, 0.3) is 10.8 Å². The second-order valence-corrected chi connectivity index (χ2v) is 3.99. The number of ether oxygens (including phenoxy) is 1. The van der Waals surface area contributed by atoms with Gasteiger partial charge in [-0.15, -0.1) is 0 Å². The molecule has 0 bridgehead atoms. The highest BCUT2D eigenvalue weighted by Gasteiger charge is 2.12. The van der Waals surface area contributed by atoms with Gasteiger partial charge in [-0.2, -0.15) is 0 Å². The summed E-state index contributed by atoms with van der Waals surface area (Å²) < 4.78 is 4.79. The van der Waals surface area contributed by atoms with Gasteiger partial charge in [-0.3, -0.25) is 9.63 Å². The summed E-state index contributed by atoms with van der Waals surface area (Å²) in [7, 11) is 1.54. The first-order valence-electron chi connectivity index (χ1n) is 5.85.